The van der Waals surface area contributed by atoms with Crippen molar-refractivity contribution in [3.8, 4) is 0 Å². The predicted molar refractivity (Wildman–Crippen MR) is 79.1 cm³/mol. The molecule has 2 heterocycles. The average Bonchev–Trinajstić information content (AvgIpc) is 2.72. The molecule has 1 fully saturated rings. The lowest BCUT2D eigenvalue weighted by Gasteiger charge is -2.32. The first-order chi connectivity index (χ1) is 9.22. The van der Waals surface area contributed by atoms with Crippen LogP contribution in [0, 0.1) is 5.92 Å². The molecule has 19 heavy (non-hydrogen) atoms. The van der Waals surface area contributed by atoms with Crippen molar-refractivity contribution >= 4 is 0 Å². The summed E-state index contributed by atoms with van der Waals surface area (Å²) in [5, 5.41) is 7.96. The zero-order valence-corrected chi connectivity index (χ0v) is 12.6. The molecule has 1 aromatic rings. The van der Waals surface area contributed by atoms with Gasteiger partial charge in [0, 0.05) is 24.8 Å². The minimum Gasteiger partial charge on any atom is -0.316 e. The summed E-state index contributed by atoms with van der Waals surface area (Å²) in [6, 6.07) is 0.514. The Kier molecular flexibility index (Phi) is 5.40. The average molecular weight is 264 g/mol. The van der Waals surface area contributed by atoms with E-state index in [1.54, 1.807) is 0 Å². The Morgan fingerprint density at radius 1 is 1.37 bits per heavy atom. The maximum Gasteiger partial charge on any atom is 0.0537 e. The van der Waals surface area contributed by atoms with Crippen LogP contribution in [0.1, 0.15) is 44.2 Å². The molecule has 0 aliphatic carbocycles. The monoisotopic (exact) mass is 264 g/mol. The lowest BCUT2D eigenvalue weighted by atomic mass is 9.91. The zero-order chi connectivity index (χ0) is 13.7. The van der Waals surface area contributed by atoms with Crippen LogP contribution in [0.2, 0.25) is 0 Å². The number of aryl methyl sites for hydroxylation is 1. The van der Waals surface area contributed by atoms with Crippen LogP contribution in [0.3, 0.4) is 0 Å². The van der Waals surface area contributed by atoms with Gasteiger partial charge in [-0.25, -0.2) is 0 Å². The second-order valence-electron chi connectivity index (χ2n) is 5.83. The van der Waals surface area contributed by atoms with Crippen LogP contribution in [0.15, 0.2) is 12.4 Å². The van der Waals surface area contributed by atoms with E-state index >= 15 is 0 Å². The van der Waals surface area contributed by atoms with E-state index in [1.165, 1.54) is 37.8 Å². The minimum absolute atomic E-state index is 0.514. The Hall–Kier alpha value is -0.870. The van der Waals surface area contributed by atoms with Gasteiger partial charge in [0.1, 0.15) is 0 Å². The third-order valence-corrected chi connectivity index (χ3v) is 4.16. The van der Waals surface area contributed by atoms with Gasteiger partial charge in [-0.2, -0.15) is 5.10 Å². The van der Waals surface area contributed by atoms with Crippen molar-refractivity contribution in [3.63, 3.8) is 0 Å². The Morgan fingerprint density at radius 3 is 2.89 bits per heavy atom. The molecule has 2 rings (SSSR count). The van der Waals surface area contributed by atoms with Gasteiger partial charge in [0.25, 0.3) is 0 Å². The molecule has 0 amide bonds. The summed E-state index contributed by atoms with van der Waals surface area (Å²) in [5.74, 6) is 0.697. The molecular formula is C15H28N4. The summed E-state index contributed by atoms with van der Waals surface area (Å²) < 4.78 is 1.92. The summed E-state index contributed by atoms with van der Waals surface area (Å²) in [6.07, 6.45) is 9.41. The molecule has 1 aliphatic rings. The molecule has 4 nitrogen and oxygen atoms in total. The van der Waals surface area contributed by atoms with Crippen LogP contribution in [-0.2, 0) is 7.05 Å². The zero-order valence-electron chi connectivity index (χ0n) is 12.6. The third kappa shape index (κ3) is 3.80. The normalized spacial score (nSPS) is 25.4. The van der Waals surface area contributed by atoms with Crippen molar-refractivity contribution in [2.45, 2.75) is 38.6 Å². The van der Waals surface area contributed by atoms with E-state index in [1.807, 2.05) is 17.9 Å². The minimum atomic E-state index is 0.514. The van der Waals surface area contributed by atoms with Crippen LogP contribution in [0.5, 0.6) is 0 Å². The largest absolute Gasteiger partial charge is 0.316 e. The molecule has 108 valence electrons. The summed E-state index contributed by atoms with van der Waals surface area (Å²) in [4.78, 5) is 2.52. The van der Waals surface area contributed by atoms with Gasteiger partial charge in [-0.3, -0.25) is 9.58 Å². The van der Waals surface area contributed by atoms with Crippen molar-refractivity contribution in [3.05, 3.63) is 18.0 Å². The molecule has 1 aliphatic heterocycles. The molecule has 0 aromatic carbocycles. The van der Waals surface area contributed by atoms with Crippen molar-refractivity contribution in [2.75, 3.05) is 26.7 Å². The number of nitrogens with zero attached hydrogens (tertiary/aromatic N) is 3. The van der Waals surface area contributed by atoms with E-state index in [9.17, 15) is 0 Å². The molecule has 1 aromatic heterocycles. The Balaban J connectivity index is 2.11. The summed E-state index contributed by atoms with van der Waals surface area (Å²) >= 11 is 0. The fraction of sp³-hybridized carbons (Fsp3) is 0.800. The number of aromatic nitrogens is 2. The molecule has 2 atom stereocenters. The van der Waals surface area contributed by atoms with Crippen molar-refractivity contribution in [1.82, 2.24) is 20.0 Å². The van der Waals surface area contributed by atoms with Gasteiger partial charge in [-0.15, -0.1) is 0 Å². The van der Waals surface area contributed by atoms with E-state index in [0.717, 1.165) is 13.1 Å². The molecule has 1 N–H and O–H groups in total. The Bertz CT molecular complexity index is 374. The fourth-order valence-electron chi connectivity index (χ4n) is 3.22. The summed E-state index contributed by atoms with van der Waals surface area (Å²) in [7, 11) is 4.26. The lowest BCUT2D eigenvalue weighted by Crippen LogP contribution is -2.35. The molecule has 0 saturated carbocycles. The van der Waals surface area contributed by atoms with Gasteiger partial charge in [0.2, 0.25) is 0 Å². The number of rotatable bonds is 5. The van der Waals surface area contributed by atoms with Gasteiger partial charge < -0.3 is 5.32 Å². The highest BCUT2D eigenvalue weighted by Crippen LogP contribution is 2.33. The number of hydrogen-bond acceptors (Lipinski definition) is 3. The molecule has 0 spiro atoms. The maximum atomic E-state index is 4.36. The molecule has 2 unspecified atom stereocenters. The number of likely N-dealkylation sites (tertiary alicyclic amines) is 1. The smallest absolute Gasteiger partial charge is 0.0537 e. The number of hydrogen-bond donors (Lipinski definition) is 1. The van der Waals surface area contributed by atoms with E-state index in [0.29, 0.717) is 12.0 Å². The van der Waals surface area contributed by atoms with Crippen LogP contribution in [0.4, 0.5) is 0 Å². The first-order valence-corrected chi connectivity index (χ1v) is 7.62. The topological polar surface area (TPSA) is 33.1 Å². The van der Waals surface area contributed by atoms with Gasteiger partial charge in [0.05, 0.1) is 6.20 Å². The fourth-order valence-corrected chi connectivity index (χ4v) is 3.22. The van der Waals surface area contributed by atoms with Crippen molar-refractivity contribution < 1.29 is 0 Å². The van der Waals surface area contributed by atoms with Crippen LogP contribution in [-0.4, -0.2) is 41.4 Å². The van der Waals surface area contributed by atoms with Crippen LogP contribution < -0.4 is 5.32 Å². The highest BCUT2D eigenvalue weighted by atomic mass is 15.2. The first-order valence-electron chi connectivity index (χ1n) is 7.62. The van der Waals surface area contributed by atoms with Gasteiger partial charge in [0.15, 0.2) is 0 Å². The SMILES string of the molecule is CCCNCC1CCCCN(C)C1c1cnn(C)c1. The van der Waals surface area contributed by atoms with E-state index in [-0.39, 0.29) is 0 Å². The highest BCUT2D eigenvalue weighted by molar-refractivity contribution is 5.12. The molecule has 0 bridgehead atoms. The molecule has 4 heteroatoms. The van der Waals surface area contributed by atoms with Crippen molar-refractivity contribution in [2.24, 2.45) is 13.0 Å². The second-order valence-corrected chi connectivity index (χ2v) is 5.83. The van der Waals surface area contributed by atoms with Gasteiger partial charge >= 0.3 is 0 Å². The summed E-state index contributed by atoms with van der Waals surface area (Å²) in [6.45, 7) is 5.67. The van der Waals surface area contributed by atoms with E-state index in [4.69, 9.17) is 0 Å². The van der Waals surface area contributed by atoms with Gasteiger partial charge in [-0.05, 0) is 51.9 Å². The standard InChI is InChI=1S/C15H28N4/c1-4-8-16-10-13-7-5-6-9-18(2)15(13)14-11-17-19(3)12-14/h11-13,15-16H,4-10H2,1-3H3. The third-order valence-electron chi connectivity index (χ3n) is 4.16. The van der Waals surface area contributed by atoms with E-state index in [2.05, 4.69) is 35.5 Å². The molecular weight excluding hydrogens is 236 g/mol. The molecule has 0 radical (unpaired) electrons. The van der Waals surface area contributed by atoms with Crippen LogP contribution >= 0.6 is 0 Å². The molecule has 1 saturated heterocycles. The second kappa shape index (κ2) is 7.06. The lowest BCUT2D eigenvalue weighted by molar-refractivity contribution is 0.189. The Labute approximate surface area is 117 Å². The quantitative estimate of drug-likeness (QED) is 0.828. The Morgan fingerprint density at radius 2 is 2.21 bits per heavy atom. The van der Waals surface area contributed by atoms with Crippen molar-refractivity contribution in [1.29, 1.82) is 0 Å². The summed E-state index contributed by atoms with van der Waals surface area (Å²) in [5.41, 5.74) is 1.37. The highest BCUT2D eigenvalue weighted by Gasteiger charge is 2.29. The first kappa shape index (κ1) is 14.5. The van der Waals surface area contributed by atoms with Crippen LogP contribution in [0.25, 0.3) is 0 Å². The maximum absolute atomic E-state index is 4.36. The number of nitrogens with one attached hydrogen (secondary N) is 1. The predicted octanol–water partition coefficient (Wildman–Crippen LogP) is 2.19. The van der Waals surface area contributed by atoms with Gasteiger partial charge in [-0.1, -0.05) is 13.3 Å². The van der Waals surface area contributed by atoms with E-state index < -0.39 is 0 Å².